The van der Waals surface area contributed by atoms with Crippen LogP contribution in [0.1, 0.15) is 18.1 Å². The van der Waals surface area contributed by atoms with Crippen molar-refractivity contribution in [3.05, 3.63) is 52.0 Å². The SMILES string of the molecule is CCN1C(=O)/C(=C\c2cc(Br)c(OC)c(OC)c2)c2ccccc21. The number of benzene rings is 2. The van der Waals surface area contributed by atoms with Gasteiger partial charge in [0.05, 0.1) is 24.4 Å². The molecule has 1 aliphatic heterocycles. The zero-order valence-corrected chi connectivity index (χ0v) is 15.4. The molecule has 0 saturated heterocycles. The molecule has 3 rings (SSSR count). The number of anilines is 1. The summed E-state index contributed by atoms with van der Waals surface area (Å²) in [4.78, 5) is 14.5. The van der Waals surface area contributed by atoms with Crippen molar-refractivity contribution in [2.45, 2.75) is 6.92 Å². The lowest BCUT2D eigenvalue weighted by Crippen LogP contribution is -2.25. The summed E-state index contributed by atoms with van der Waals surface area (Å²) in [7, 11) is 3.19. The van der Waals surface area contributed by atoms with E-state index in [1.54, 1.807) is 19.1 Å². The number of amides is 1. The minimum absolute atomic E-state index is 0.0182. The quantitative estimate of drug-likeness (QED) is 0.730. The molecule has 0 bridgehead atoms. The molecule has 0 unspecified atom stereocenters. The Morgan fingerprint density at radius 1 is 1.17 bits per heavy atom. The molecule has 4 nitrogen and oxygen atoms in total. The highest BCUT2D eigenvalue weighted by molar-refractivity contribution is 9.10. The summed E-state index contributed by atoms with van der Waals surface area (Å²) < 4.78 is 11.5. The van der Waals surface area contributed by atoms with E-state index < -0.39 is 0 Å². The van der Waals surface area contributed by atoms with Crippen LogP contribution in [0.4, 0.5) is 5.69 Å². The van der Waals surface area contributed by atoms with Crippen LogP contribution in [0.15, 0.2) is 40.9 Å². The van der Waals surface area contributed by atoms with Crippen molar-refractivity contribution in [2.75, 3.05) is 25.7 Å². The first-order valence-corrected chi connectivity index (χ1v) is 8.44. The van der Waals surface area contributed by atoms with Crippen molar-refractivity contribution < 1.29 is 14.3 Å². The van der Waals surface area contributed by atoms with Gasteiger partial charge in [0.2, 0.25) is 0 Å². The van der Waals surface area contributed by atoms with Gasteiger partial charge < -0.3 is 14.4 Å². The van der Waals surface area contributed by atoms with Crippen LogP contribution in [0.2, 0.25) is 0 Å². The number of likely N-dealkylation sites (N-methyl/N-ethyl adjacent to an activating group) is 1. The number of hydrogen-bond acceptors (Lipinski definition) is 3. The Labute approximate surface area is 149 Å². The van der Waals surface area contributed by atoms with Gasteiger partial charge >= 0.3 is 0 Å². The smallest absolute Gasteiger partial charge is 0.258 e. The molecule has 0 saturated carbocycles. The summed E-state index contributed by atoms with van der Waals surface area (Å²) in [6, 6.07) is 11.6. The van der Waals surface area contributed by atoms with E-state index in [1.165, 1.54) is 0 Å². The van der Waals surface area contributed by atoms with E-state index in [2.05, 4.69) is 15.9 Å². The lowest BCUT2D eigenvalue weighted by Gasteiger charge is -2.13. The standard InChI is InChI=1S/C19H18BrNO3/c1-4-21-16-8-6-5-7-13(16)14(19(21)22)9-12-10-15(20)18(24-3)17(11-12)23-2/h5-11H,4H2,1-3H3/b14-9-. The van der Waals surface area contributed by atoms with Crippen LogP contribution < -0.4 is 14.4 Å². The first-order chi connectivity index (χ1) is 11.6. The zero-order chi connectivity index (χ0) is 17.3. The zero-order valence-electron chi connectivity index (χ0n) is 13.8. The fourth-order valence-electron chi connectivity index (χ4n) is 2.95. The molecule has 1 aliphatic rings. The molecule has 0 aliphatic carbocycles. The second-order valence-corrected chi connectivity index (χ2v) is 6.22. The third-order valence-corrected chi connectivity index (χ3v) is 4.63. The molecule has 0 radical (unpaired) electrons. The number of nitrogens with zero attached hydrogens (tertiary/aromatic N) is 1. The highest BCUT2D eigenvalue weighted by Crippen LogP contribution is 2.40. The number of carbonyl (C=O) groups is 1. The van der Waals surface area contributed by atoms with E-state index in [9.17, 15) is 4.79 Å². The lowest BCUT2D eigenvalue weighted by molar-refractivity contribution is -0.112. The average molecular weight is 388 g/mol. The number of methoxy groups -OCH3 is 2. The van der Waals surface area contributed by atoms with Gasteiger partial charge in [-0.3, -0.25) is 4.79 Å². The summed E-state index contributed by atoms with van der Waals surface area (Å²) >= 11 is 3.49. The van der Waals surface area contributed by atoms with Gasteiger partial charge in [-0.2, -0.15) is 0 Å². The molecular weight excluding hydrogens is 370 g/mol. The van der Waals surface area contributed by atoms with Gasteiger partial charge in [-0.25, -0.2) is 0 Å². The minimum Gasteiger partial charge on any atom is -0.493 e. The molecule has 2 aromatic carbocycles. The molecule has 24 heavy (non-hydrogen) atoms. The summed E-state index contributed by atoms with van der Waals surface area (Å²) in [5.74, 6) is 1.27. The van der Waals surface area contributed by atoms with Crippen LogP contribution in [-0.4, -0.2) is 26.7 Å². The average Bonchev–Trinajstić information content (AvgIpc) is 2.86. The van der Waals surface area contributed by atoms with Gasteiger partial charge in [0, 0.05) is 17.7 Å². The molecule has 1 heterocycles. The number of fused-ring (bicyclic) bond motifs is 1. The molecule has 5 heteroatoms. The van der Waals surface area contributed by atoms with Crippen molar-refractivity contribution in [3.8, 4) is 11.5 Å². The van der Waals surface area contributed by atoms with Crippen LogP contribution in [0.25, 0.3) is 11.6 Å². The van der Waals surface area contributed by atoms with Crippen molar-refractivity contribution in [1.29, 1.82) is 0 Å². The van der Waals surface area contributed by atoms with E-state index in [4.69, 9.17) is 9.47 Å². The Bertz CT molecular complexity index is 829. The van der Waals surface area contributed by atoms with E-state index in [0.717, 1.165) is 21.3 Å². The minimum atomic E-state index is 0.0182. The Hall–Kier alpha value is -2.27. The second-order valence-electron chi connectivity index (χ2n) is 5.36. The molecule has 2 aromatic rings. The maximum Gasteiger partial charge on any atom is 0.258 e. The third-order valence-electron chi connectivity index (χ3n) is 4.04. The molecule has 1 amide bonds. The van der Waals surface area contributed by atoms with Gasteiger partial charge in [-0.1, -0.05) is 18.2 Å². The fourth-order valence-corrected chi connectivity index (χ4v) is 3.57. The molecule has 0 aromatic heterocycles. The van der Waals surface area contributed by atoms with Gasteiger partial charge in [-0.05, 0) is 52.7 Å². The van der Waals surface area contributed by atoms with E-state index in [1.807, 2.05) is 49.4 Å². The van der Waals surface area contributed by atoms with Gasteiger partial charge in [0.15, 0.2) is 11.5 Å². The molecular formula is C19H18BrNO3. The van der Waals surface area contributed by atoms with Crippen LogP contribution in [0.5, 0.6) is 11.5 Å². The van der Waals surface area contributed by atoms with Gasteiger partial charge in [0.25, 0.3) is 5.91 Å². The molecule has 124 valence electrons. The monoisotopic (exact) mass is 387 g/mol. The Morgan fingerprint density at radius 2 is 1.92 bits per heavy atom. The van der Waals surface area contributed by atoms with Gasteiger partial charge in [0.1, 0.15) is 0 Å². The lowest BCUT2D eigenvalue weighted by atomic mass is 10.0. The number of halogens is 1. The molecule has 0 atom stereocenters. The van der Waals surface area contributed by atoms with Crippen molar-refractivity contribution in [3.63, 3.8) is 0 Å². The molecule has 0 N–H and O–H groups in total. The predicted octanol–water partition coefficient (Wildman–Crippen LogP) is 4.37. The largest absolute Gasteiger partial charge is 0.493 e. The van der Waals surface area contributed by atoms with E-state index >= 15 is 0 Å². The first-order valence-electron chi connectivity index (χ1n) is 7.65. The van der Waals surface area contributed by atoms with E-state index in [0.29, 0.717) is 23.6 Å². The highest BCUT2D eigenvalue weighted by Gasteiger charge is 2.30. The highest BCUT2D eigenvalue weighted by atomic mass is 79.9. The normalized spacial score (nSPS) is 14.9. The number of rotatable bonds is 4. The Kier molecular flexibility index (Phi) is 4.62. The molecule has 0 spiro atoms. The second kappa shape index (κ2) is 6.69. The summed E-state index contributed by atoms with van der Waals surface area (Å²) in [6.45, 7) is 2.62. The van der Waals surface area contributed by atoms with E-state index in [-0.39, 0.29) is 5.91 Å². The van der Waals surface area contributed by atoms with Crippen LogP contribution in [-0.2, 0) is 4.79 Å². The van der Waals surface area contributed by atoms with Crippen LogP contribution in [0, 0.1) is 0 Å². The molecule has 0 fully saturated rings. The van der Waals surface area contributed by atoms with Crippen LogP contribution >= 0.6 is 15.9 Å². The van der Waals surface area contributed by atoms with Crippen molar-refractivity contribution in [2.24, 2.45) is 0 Å². The maximum absolute atomic E-state index is 12.8. The van der Waals surface area contributed by atoms with Crippen LogP contribution in [0.3, 0.4) is 0 Å². The Balaban J connectivity index is 2.12. The number of ether oxygens (including phenoxy) is 2. The summed E-state index contributed by atoms with van der Waals surface area (Å²) in [5, 5.41) is 0. The number of hydrogen-bond donors (Lipinski definition) is 0. The first kappa shape index (κ1) is 16.6. The predicted molar refractivity (Wildman–Crippen MR) is 99.6 cm³/mol. The van der Waals surface area contributed by atoms with Gasteiger partial charge in [-0.15, -0.1) is 0 Å². The van der Waals surface area contributed by atoms with Crippen molar-refractivity contribution >= 4 is 39.2 Å². The fraction of sp³-hybridized carbons (Fsp3) is 0.211. The topological polar surface area (TPSA) is 38.8 Å². The summed E-state index contributed by atoms with van der Waals surface area (Å²) in [5.41, 5.74) is 3.47. The Morgan fingerprint density at radius 3 is 2.58 bits per heavy atom. The van der Waals surface area contributed by atoms with Crippen molar-refractivity contribution in [1.82, 2.24) is 0 Å². The third kappa shape index (κ3) is 2.69. The summed E-state index contributed by atoms with van der Waals surface area (Å²) in [6.07, 6.45) is 1.89. The number of para-hydroxylation sites is 1. The maximum atomic E-state index is 12.8. The number of carbonyl (C=O) groups excluding carboxylic acids is 1.